The van der Waals surface area contributed by atoms with E-state index in [2.05, 4.69) is 15.4 Å². The molecule has 0 aliphatic carbocycles. The topological polar surface area (TPSA) is 79.5 Å². The van der Waals surface area contributed by atoms with E-state index in [1.54, 1.807) is 18.4 Å². The maximum Gasteiger partial charge on any atom is 0.257 e. The first-order chi connectivity index (χ1) is 11.8. The van der Waals surface area contributed by atoms with Crippen molar-refractivity contribution in [1.82, 2.24) is 19.9 Å². The van der Waals surface area contributed by atoms with Gasteiger partial charge < -0.3 is 10.4 Å². The van der Waals surface area contributed by atoms with Crippen molar-refractivity contribution in [3.63, 3.8) is 0 Å². The average molecular weight is 338 g/mol. The molecule has 0 radical (unpaired) electrons. The summed E-state index contributed by atoms with van der Waals surface area (Å²) in [5.74, 6) is -0.291. The number of carbonyl (C=O) groups excluding carboxylic acids is 1. The van der Waals surface area contributed by atoms with Gasteiger partial charge in [0.2, 0.25) is 0 Å². The normalized spacial score (nSPS) is 13.6. The zero-order valence-electron chi connectivity index (χ0n) is 14.9. The molecule has 0 saturated heterocycles. The van der Waals surface area contributed by atoms with Gasteiger partial charge in [0.05, 0.1) is 12.2 Å². The molecule has 3 rings (SSSR count). The molecule has 0 spiro atoms. The third kappa shape index (κ3) is 3.25. The molecule has 25 heavy (non-hydrogen) atoms. The van der Waals surface area contributed by atoms with Crippen LogP contribution in [0.3, 0.4) is 0 Å². The molecule has 0 saturated carbocycles. The first-order valence-corrected chi connectivity index (χ1v) is 8.19. The lowest BCUT2D eigenvalue weighted by Gasteiger charge is -2.24. The summed E-state index contributed by atoms with van der Waals surface area (Å²) in [6.45, 7) is 7.37. The van der Waals surface area contributed by atoms with Crippen molar-refractivity contribution in [2.75, 3.05) is 6.54 Å². The Balaban J connectivity index is 1.87. The van der Waals surface area contributed by atoms with Crippen LogP contribution >= 0.6 is 0 Å². The second-order valence-corrected chi connectivity index (χ2v) is 6.56. The van der Waals surface area contributed by atoms with Crippen LogP contribution in [-0.2, 0) is 5.60 Å². The van der Waals surface area contributed by atoms with Gasteiger partial charge in [0, 0.05) is 11.4 Å². The van der Waals surface area contributed by atoms with Gasteiger partial charge in [-0.15, -0.1) is 0 Å². The minimum Gasteiger partial charge on any atom is -0.384 e. The summed E-state index contributed by atoms with van der Waals surface area (Å²) in [6, 6.07) is 11.2. The highest BCUT2D eigenvalue weighted by molar-refractivity contribution is 6.01. The Kier molecular flexibility index (Phi) is 4.30. The number of fused-ring (bicyclic) bond motifs is 1. The fourth-order valence-corrected chi connectivity index (χ4v) is 2.93. The number of amides is 1. The van der Waals surface area contributed by atoms with Crippen LogP contribution in [-0.4, -0.2) is 32.2 Å². The number of aryl methyl sites for hydroxylation is 3. The molecule has 1 amide bonds. The maximum absolute atomic E-state index is 12.7. The Bertz CT molecular complexity index is 929. The molecule has 0 aliphatic heterocycles. The van der Waals surface area contributed by atoms with E-state index in [1.165, 1.54) is 0 Å². The Hall–Kier alpha value is -2.73. The Morgan fingerprint density at radius 2 is 1.92 bits per heavy atom. The number of hydrogen-bond donors (Lipinski definition) is 2. The third-order valence-corrected chi connectivity index (χ3v) is 4.29. The van der Waals surface area contributed by atoms with Gasteiger partial charge in [0.25, 0.3) is 5.91 Å². The summed E-state index contributed by atoms with van der Waals surface area (Å²) in [6.07, 6.45) is 0. The molecule has 6 heteroatoms. The lowest BCUT2D eigenvalue weighted by atomic mass is 9.96. The van der Waals surface area contributed by atoms with E-state index in [4.69, 9.17) is 0 Å². The first-order valence-electron chi connectivity index (χ1n) is 8.19. The van der Waals surface area contributed by atoms with Crippen LogP contribution in [0, 0.1) is 20.8 Å². The molecule has 1 aromatic carbocycles. The number of hydrogen-bond acceptors (Lipinski definition) is 4. The van der Waals surface area contributed by atoms with Crippen LogP contribution in [0.2, 0.25) is 0 Å². The summed E-state index contributed by atoms with van der Waals surface area (Å²) in [7, 11) is 0. The van der Waals surface area contributed by atoms with Gasteiger partial charge in [-0.2, -0.15) is 5.10 Å². The van der Waals surface area contributed by atoms with Crippen molar-refractivity contribution in [3.8, 4) is 0 Å². The van der Waals surface area contributed by atoms with Crippen LogP contribution in [0.1, 0.15) is 39.9 Å². The minimum absolute atomic E-state index is 0.0947. The summed E-state index contributed by atoms with van der Waals surface area (Å²) in [4.78, 5) is 17.2. The van der Waals surface area contributed by atoms with Gasteiger partial charge in [-0.25, -0.2) is 9.50 Å². The van der Waals surface area contributed by atoms with Crippen molar-refractivity contribution in [3.05, 3.63) is 64.6 Å². The quantitative estimate of drug-likeness (QED) is 0.765. The van der Waals surface area contributed by atoms with Crippen LogP contribution in [0.25, 0.3) is 5.65 Å². The summed E-state index contributed by atoms with van der Waals surface area (Å²) in [5.41, 5.74) is 2.92. The van der Waals surface area contributed by atoms with Crippen molar-refractivity contribution < 1.29 is 9.90 Å². The van der Waals surface area contributed by atoms with Gasteiger partial charge in [0.1, 0.15) is 11.2 Å². The third-order valence-electron chi connectivity index (χ3n) is 4.29. The van der Waals surface area contributed by atoms with Crippen LogP contribution in [0.15, 0.2) is 36.4 Å². The summed E-state index contributed by atoms with van der Waals surface area (Å²) < 4.78 is 1.67. The average Bonchev–Trinajstić information content (AvgIpc) is 2.90. The Morgan fingerprint density at radius 3 is 2.60 bits per heavy atom. The van der Waals surface area contributed by atoms with E-state index in [9.17, 15) is 9.90 Å². The molecule has 1 unspecified atom stereocenters. The number of aromatic nitrogens is 3. The van der Waals surface area contributed by atoms with E-state index in [0.717, 1.165) is 17.0 Å². The number of nitrogens with zero attached hydrogens (tertiary/aromatic N) is 3. The molecule has 0 aliphatic rings. The molecule has 2 N–H and O–H groups in total. The van der Waals surface area contributed by atoms with Crippen LogP contribution < -0.4 is 5.32 Å². The monoisotopic (exact) mass is 338 g/mol. The highest BCUT2D eigenvalue weighted by Crippen LogP contribution is 2.20. The number of rotatable bonds is 4. The van der Waals surface area contributed by atoms with Gasteiger partial charge in [-0.1, -0.05) is 30.3 Å². The van der Waals surface area contributed by atoms with Crippen molar-refractivity contribution in [2.45, 2.75) is 33.3 Å². The van der Waals surface area contributed by atoms with Gasteiger partial charge >= 0.3 is 0 Å². The maximum atomic E-state index is 12.7. The van der Waals surface area contributed by atoms with Crippen molar-refractivity contribution in [2.24, 2.45) is 0 Å². The highest BCUT2D eigenvalue weighted by Gasteiger charge is 2.26. The Labute approximate surface area is 146 Å². The van der Waals surface area contributed by atoms with Gasteiger partial charge in [0.15, 0.2) is 5.65 Å². The largest absolute Gasteiger partial charge is 0.384 e. The molecule has 2 aromatic heterocycles. The van der Waals surface area contributed by atoms with Crippen molar-refractivity contribution in [1.29, 1.82) is 0 Å². The molecule has 130 valence electrons. The second-order valence-electron chi connectivity index (χ2n) is 6.56. The molecular weight excluding hydrogens is 316 g/mol. The molecular formula is C19H22N4O2. The SMILES string of the molecule is Cc1cc(C)n2nc(C)c(C(=O)NCC(C)(O)c3ccccc3)c2n1. The predicted octanol–water partition coefficient (Wildman–Crippen LogP) is 2.29. The van der Waals surface area contributed by atoms with E-state index < -0.39 is 5.60 Å². The second kappa shape index (κ2) is 6.29. The number of carbonyl (C=O) groups is 1. The minimum atomic E-state index is -1.16. The van der Waals surface area contributed by atoms with E-state index in [1.807, 2.05) is 50.2 Å². The fourth-order valence-electron chi connectivity index (χ4n) is 2.93. The fraction of sp³-hybridized carbons (Fsp3) is 0.316. The molecule has 0 fully saturated rings. The molecule has 3 aromatic rings. The summed E-state index contributed by atoms with van der Waals surface area (Å²) >= 11 is 0. The lowest BCUT2D eigenvalue weighted by Crippen LogP contribution is -2.38. The van der Waals surface area contributed by atoms with E-state index >= 15 is 0 Å². The van der Waals surface area contributed by atoms with Gasteiger partial charge in [-0.3, -0.25) is 4.79 Å². The number of nitrogens with one attached hydrogen (secondary N) is 1. The lowest BCUT2D eigenvalue weighted by molar-refractivity contribution is 0.0526. The van der Waals surface area contributed by atoms with Crippen LogP contribution in [0.4, 0.5) is 0 Å². The van der Waals surface area contributed by atoms with E-state index in [0.29, 0.717) is 16.9 Å². The van der Waals surface area contributed by atoms with Crippen molar-refractivity contribution >= 4 is 11.6 Å². The molecule has 0 bridgehead atoms. The predicted molar refractivity (Wildman–Crippen MR) is 95.5 cm³/mol. The zero-order chi connectivity index (χ0) is 18.2. The molecule has 1 atom stereocenters. The van der Waals surface area contributed by atoms with E-state index in [-0.39, 0.29) is 12.5 Å². The number of aliphatic hydroxyl groups is 1. The molecule has 6 nitrogen and oxygen atoms in total. The smallest absolute Gasteiger partial charge is 0.257 e. The first kappa shape index (κ1) is 17.1. The molecule has 2 heterocycles. The van der Waals surface area contributed by atoms with Gasteiger partial charge in [-0.05, 0) is 39.3 Å². The standard InChI is InChI=1S/C19H22N4O2/c1-12-10-13(2)23-17(21-12)16(14(3)22-23)18(24)20-11-19(4,25)15-8-6-5-7-9-15/h5-10,25H,11H2,1-4H3,(H,20,24). The summed E-state index contributed by atoms with van der Waals surface area (Å²) in [5, 5.41) is 17.9. The zero-order valence-corrected chi connectivity index (χ0v) is 14.9. The van der Waals surface area contributed by atoms with Crippen LogP contribution in [0.5, 0.6) is 0 Å². The highest BCUT2D eigenvalue weighted by atomic mass is 16.3. The Morgan fingerprint density at radius 1 is 1.24 bits per heavy atom. The number of benzene rings is 1.